The van der Waals surface area contributed by atoms with Crippen LogP contribution in [-0.2, 0) is 0 Å². The zero-order valence-electron chi connectivity index (χ0n) is 19.6. The fourth-order valence-corrected chi connectivity index (χ4v) is 2.61. The number of benzene rings is 2. The number of anilines is 1. The van der Waals surface area contributed by atoms with Gasteiger partial charge in [0, 0.05) is 17.6 Å². The van der Waals surface area contributed by atoms with Gasteiger partial charge in [-0.05, 0) is 54.0 Å². The highest BCUT2D eigenvalue weighted by atomic mass is 35.5. The molecule has 0 aromatic heterocycles. The predicted molar refractivity (Wildman–Crippen MR) is 142 cm³/mol. The van der Waals surface area contributed by atoms with Crippen molar-refractivity contribution in [2.24, 2.45) is 5.73 Å². The van der Waals surface area contributed by atoms with Crippen molar-refractivity contribution in [2.45, 2.75) is 33.4 Å². The average Bonchev–Trinajstić information content (AvgIpc) is 2.78. The molecule has 0 saturated heterocycles. The fraction of sp³-hybridized carbons (Fsp3) is 0.231. The quantitative estimate of drug-likeness (QED) is 0.269. The van der Waals surface area contributed by atoms with Gasteiger partial charge in [-0.25, -0.2) is 0 Å². The van der Waals surface area contributed by atoms with E-state index in [1.54, 1.807) is 12.1 Å². The molecule has 0 aliphatic carbocycles. The zero-order chi connectivity index (χ0) is 26.1. The van der Waals surface area contributed by atoms with Crippen LogP contribution >= 0.6 is 23.2 Å². The van der Waals surface area contributed by atoms with Crippen LogP contribution in [0.25, 0.3) is 11.3 Å². The Morgan fingerprint density at radius 3 is 2.15 bits per heavy atom. The molecule has 3 nitrogen and oxygen atoms in total. The van der Waals surface area contributed by atoms with Gasteiger partial charge in [0.05, 0.1) is 16.6 Å². The van der Waals surface area contributed by atoms with Crippen LogP contribution < -0.4 is 16.8 Å². The summed E-state index contributed by atoms with van der Waals surface area (Å²) < 4.78 is 32.0. The number of halogens is 5. The van der Waals surface area contributed by atoms with Crippen LogP contribution in [0.15, 0.2) is 79.5 Å². The Morgan fingerprint density at radius 1 is 1.06 bits per heavy atom. The van der Waals surface area contributed by atoms with Crippen LogP contribution in [0.2, 0.25) is 10.0 Å². The van der Waals surface area contributed by atoms with Gasteiger partial charge in [-0.1, -0.05) is 86.5 Å². The van der Waals surface area contributed by atoms with Crippen LogP contribution in [0.3, 0.4) is 0 Å². The largest absolute Gasteiger partial charge is 0.400 e. The number of nitrogens with two attached hydrogens (primary N) is 2. The van der Waals surface area contributed by atoms with Gasteiger partial charge >= 0.3 is 6.18 Å². The molecule has 0 fully saturated rings. The van der Waals surface area contributed by atoms with Gasteiger partial charge in [0.15, 0.2) is 0 Å². The lowest BCUT2D eigenvalue weighted by Gasteiger charge is -2.09. The molecule has 0 heterocycles. The maximum atomic E-state index is 10.7. The molecule has 0 atom stereocenters. The number of nitrogen functional groups attached to an aromatic ring is 1. The summed E-state index contributed by atoms with van der Waals surface area (Å²) in [4.78, 5) is 0. The van der Waals surface area contributed by atoms with E-state index in [1.807, 2.05) is 67.7 Å². The summed E-state index contributed by atoms with van der Waals surface area (Å²) in [6, 6.07) is 13.3. The molecule has 0 amide bonds. The molecule has 0 aliphatic rings. The second-order valence-corrected chi connectivity index (χ2v) is 7.63. The monoisotopic (exact) mass is 513 g/mol. The predicted octanol–water partition coefficient (Wildman–Crippen LogP) is 8.23. The van der Waals surface area contributed by atoms with Crippen LogP contribution in [0.1, 0.15) is 38.3 Å². The second kappa shape index (κ2) is 16.9. The van der Waals surface area contributed by atoms with Crippen LogP contribution in [0, 0.1) is 0 Å². The molecular weight excluding hydrogens is 482 g/mol. The maximum absolute atomic E-state index is 10.7. The highest BCUT2D eigenvalue weighted by molar-refractivity contribution is 6.42. The zero-order valence-corrected chi connectivity index (χ0v) is 21.1. The minimum atomic E-state index is -4.18. The number of rotatable bonds is 6. The van der Waals surface area contributed by atoms with Crippen LogP contribution in [-0.4, -0.2) is 12.7 Å². The third-order valence-electron chi connectivity index (χ3n) is 3.77. The topological polar surface area (TPSA) is 64.1 Å². The molecule has 0 unspecified atom stereocenters. The van der Waals surface area contributed by atoms with E-state index in [0.29, 0.717) is 10.0 Å². The van der Waals surface area contributed by atoms with Crippen molar-refractivity contribution in [3.8, 4) is 0 Å². The summed E-state index contributed by atoms with van der Waals surface area (Å²) in [5.41, 5.74) is 14.7. The molecule has 8 heteroatoms. The summed E-state index contributed by atoms with van der Waals surface area (Å²) >= 11 is 12.1. The molecule has 0 saturated carbocycles. The smallest absolute Gasteiger partial charge is 0.399 e. The molecule has 2 aromatic rings. The van der Waals surface area contributed by atoms with E-state index in [9.17, 15) is 13.2 Å². The molecule has 0 bridgehead atoms. The summed E-state index contributed by atoms with van der Waals surface area (Å²) in [5.74, 6) is 0. The SMILES string of the molecule is C=C/C=C(\C=C/N/C(=C\C)c1cccc(N)c1)c1ccc(Cl)c(Cl)c1.CCC.NCC(F)(F)F. The summed E-state index contributed by atoms with van der Waals surface area (Å²) in [7, 11) is 0. The second-order valence-electron chi connectivity index (χ2n) is 6.82. The van der Waals surface area contributed by atoms with Crippen molar-refractivity contribution >= 4 is 40.2 Å². The molecule has 2 aromatic carbocycles. The van der Waals surface area contributed by atoms with Gasteiger partial charge in [-0.3, -0.25) is 0 Å². The number of hydrogen-bond acceptors (Lipinski definition) is 3. The van der Waals surface area contributed by atoms with Crippen molar-refractivity contribution in [3.63, 3.8) is 0 Å². The Labute approximate surface area is 210 Å². The molecule has 34 heavy (non-hydrogen) atoms. The van der Waals surface area contributed by atoms with E-state index >= 15 is 0 Å². The van der Waals surface area contributed by atoms with Gasteiger partial charge < -0.3 is 16.8 Å². The first-order valence-corrected chi connectivity index (χ1v) is 11.3. The normalized spacial score (nSPS) is 11.8. The third kappa shape index (κ3) is 13.1. The Hall–Kier alpha value is -2.67. The number of nitrogens with one attached hydrogen (secondary N) is 1. The van der Waals surface area contributed by atoms with Crippen molar-refractivity contribution in [2.75, 3.05) is 12.3 Å². The van der Waals surface area contributed by atoms with Gasteiger partial charge in [-0.2, -0.15) is 13.2 Å². The molecule has 0 radical (unpaired) electrons. The Bertz CT molecular complexity index is 981. The third-order valence-corrected chi connectivity index (χ3v) is 4.51. The molecule has 0 spiro atoms. The standard InChI is InChI=1S/C21H20Cl2N2.C3H8.C2H4F3N/c1-3-6-15(16-9-10-19(22)20(23)14-16)11-12-25-21(4-2)17-7-5-8-18(24)13-17;1-3-2;3-2(4,5)1-6/h3-14,25H,1,24H2,2H3;3H2,1-2H3;1,6H2/b12-11-,15-6+,21-4-;;. The van der Waals surface area contributed by atoms with Gasteiger partial charge in [-0.15, -0.1) is 0 Å². The van der Waals surface area contributed by atoms with E-state index in [1.165, 1.54) is 6.42 Å². The van der Waals surface area contributed by atoms with E-state index in [0.717, 1.165) is 28.1 Å². The summed E-state index contributed by atoms with van der Waals surface area (Å²) in [6.07, 6.45) is 6.53. The van der Waals surface area contributed by atoms with Crippen LogP contribution in [0.5, 0.6) is 0 Å². The first-order valence-electron chi connectivity index (χ1n) is 10.5. The Morgan fingerprint density at radius 2 is 1.68 bits per heavy atom. The van der Waals surface area contributed by atoms with Gasteiger partial charge in [0.25, 0.3) is 0 Å². The highest BCUT2D eigenvalue weighted by Crippen LogP contribution is 2.27. The molecular formula is C26H32Cl2F3N3. The molecule has 2 rings (SSSR count). The van der Waals surface area contributed by atoms with Crippen LogP contribution in [0.4, 0.5) is 18.9 Å². The minimum absolute atomic E-state index is 0.518. The van der Waals surface area contributed by atoms with Crippen molar-refractivity contribution in [3.05, 3.63) is 101 Å². The van der Waals surface area contributed by atoms with E-state index in [4.69, 9.17) is 28.9 Å². The Kier molecular flexibility index (Phi) is 15.5. The highest BCUT2D eigenvalue weighted by Gasteiger charge is 2.23. The lowest BCUT2D eigenvalue weighted by molar-refractivity contribution is -0.118. The first-order chi connectivity index (χ1) is 16.0. The number of alkyl halides is 3. The maximum Gasteiger partial charge on any atom is 0.400 e. The van der Waals surface area contributed by atoms with Crippen molar-refractivity contribution in [1.82, 2.24) is 5.32 Å². The molecule has 186 valence electrons. The molecule has 5 N–H and O–H groups in total. The lowest BCUT2D eigenvalue weighted by atomic mass is 10.1. The molecule has 0 aliphatic heterocycles. The van der Waals surface area contributed by atoms with Crippen molar-refractivity contribution < 1.29 is 13.2 Å². The van der Waals surface area contributed by atoms with E-state index in [2.05, 4.69) is 31.5 Å². The van der Waals surface area contributed by atoms with Gasteiger partial charge in [0.2, 0.25) is 0 Å². The minimum Gasteiger partial charge on any atom is -0.399 e. The van der Waals surface area contributed by atoms with Gasteiger partial charge in [0.1, 0.15) is 0 Å². The lowest BCUT2D eigenvalue weighted by Crippen LogP contribution is -2.21. The van der Waals surface area contributed by atoms with E-state index in [-0.39, 0.29) is 0 Å². The fourth-order valence-electron chi connectivity index (χ4n) is 2.31. The average molecular weight is 514 g/mol. The number of hydrogen-bond donors (Lipinski definition) is 3. The number of allylic oxidation sites excluding steroid dienone is 5. The Balaban J connectivity index is 0.00000103. The summed E-state index contributed by atoms with van der Waals surface area (Å²) in [6.45, 7) is 8.76. The van der Waals surface area contributed by atoms with Crippen molar-refractivity contribution in [1.29, 1.82) is 0 Å². The van der Waals surface area contributed by atoms with E-state index < -0.39 is 12.7 Å². The summed E-state index contributed by atoms with van der Waals surface area (Å²) in [5, 5.41) is 4.34. The first kappa shape index (κ1) is 31.3.